The van der Waals surface area contributed by atoms with Gasteiger partial charge in [-0.1, -0.05) is 6.92 Å². The number of furan rings is 1. The quantitative estimate of drug-likeness (QED) is 0.727. The van der Waals surface area contributed by atoms with E-state index in [0.717, 1.165) is 6.42 Å². The maximum absolute atomic E-state index is 11.5. The molecule has 18 heavy (non-hydrogen) atoms. The number of nitrogens with one attached hydrogen (secondary N) is 2. The van der Waals surface area contributed by atoms with Crippen molar-refractivity contribution in [3.63, 3.8) is 0 Å². The van der Waals surface area contributed by atoms with Gasteiger partial charge >= 0.3 is 0 Å². The second-order valence-corrected chi connectivity index (χ2v) is 5.64. The van der Waals surface area contributed by atoms with Crippen molar-refractivity contribution in [2.75, 3.05) is 7.05 Å². The highest BCUT2D eigenvalue weighted by Crippen LogP contribution is 2.13. The van der Waals surface area contributed by atoms with Crippen molar-refractivity contribution in [3.8, 4) is 12.3 Å². The van der Waals surface area contributed by atoms with Crippen LogP contribution in [0.1, 0.15) is 25.5 Å². The van der Waals surface area contributed by atoms with Gasteiger partial charge < -0.3 is 9.73 Å². The highest BCUT2D eigenvalue weighted by Gasteiger charge is 2.16. The van der Waals surface area contributed by atoms with Crippen LogP contribution in [0.2, 0.25) is 0 Å². The Morgan fingerprint density at radius 2 is 2.22 bits per heavy atom. The molecule has 2 N–H and O–H groups in total. The molecule has 1 aromatic rings. The van der Waals surface area contributed by atoms with Crippen LogP contribution in [0.25, 0.3) is 0 Å². The number of hydrogen-bond donors (Lipinski definition) is 2. The molecular weight excluding hydrogens is 252 g/mol. The third-order valence-electron chi connectivity index (χ3n) is 2.59. The summed E-state index contributed by atoms with van der Waals surface area (Å²) in [5.41, 5.74) is 0. The topological polar surface area (TPSA) is 71.3 Å². The third kappa shape index (κ3) is 3.88. The van der Waals surface area contributed by atoms with Crippen molar-refractivity contribution in [1.29, 1.82) is 0 Å². The van der Waals surface area contributed by atoms with Gasteiger partial charge in [-0.3, -0.25) is 0 Å². The molecular formula is C12H18N2O3S. The van der Waals surface area contributed by atoms with Gasteiger partial charge in [0.2, 0.25) is 5.09 Å². The van der Waals surface area contributed by atoms with Gasteiger partial charge in [0.05, 0.1) is 6.54 Å². The summed E-state index contributed by atoms with van der Waals surface area (Å²) in [5.74, 6) is 3.16. The number of sulfonamides is 1. The van der Waals surface area contributed by atoms with Gasteiger partial charge in [0.25, 0.3) is 10.0 Å². The highest BCUT2D eigenvalue weighted by atomic mass is 32.2. The van der Waals surface area contributed by atoms with Gasteiger partial charge in [-0.05, 0) is 25.6 Å². The van der Waals surface area contributed by atoms with E-state index in [1.807, 2.05) is 6.92 Å². The average Bonchev–Trinajstić information content (AvgIpc) is 2.84. The lowest BCUT2D eigenvalue weighted by molar-refractivity contribution is 0.385. The molecule has 0 aliphatic carbocycles. The van der Waals surface area contributed by atoms with E-state index >= 15 is 0 Å². The van der Waals surface area contributed by atoms with Gasteiger partial charge in [-0.25, -0.2) is 13.1 Å². The summed E-state index contributed by atoms with van der Waals surface area (Å²) in [7, 11) is -2.17. The van der Waals surface area contributed by atoms with Crippen molar-refractivity contribution in [2.24, 2.45) is 0 Å². The summed E-state index contributed by atoms with van der Waals surface area (Å²) >= 11 is 0. The van der Waals surface area contributed by atoms with E-state index in [4.69, 9.17) is 10.8 Å². The van der Waals surface area contributed by atoms with E-state index in [-0.39, 0.29) is 11.1 Å². The van der Waals surface area contributed by atoms with E-state index in [0.29, 0.717) is 18.7 Å². The molecule has 0 aliphatic heterocycles. The molecule has 0 fully saturated rings. The zero-order valence-corrected chi connectivity index (χ0v) is 11.4. The van der Waals surface area contributed by atoms with E-state index in [9.17, 15) is 8.42 Å². The molecule has 0 radical (unpaired) electrons. The molecule has 1 unspecified atom stereocenters. The van der Waals surface area contributed by atoms with Crippen LogP contribution in [-0.4, -0.2) is 21.5 Å². The zero-order chi connectivity index (χ0) is 13.6. The van der Waals surface area contributed by atoms with Crippen LogP contribution in [0.3, 0.4) is 0 Å². The minimum atomic E-state index is -3.51. The Balaban J connectivity index is 2.63. The first-order valence-electron chi connectivity index (χ1n) is 5.72. The lowest BCUT2D eigenvalue weighted by atomic mass is 10.1. The second-order valence-electron chi connectivity index (χ2n) is 3.82. The Bertz CT molecular complexity index is 514. The normalized spacial score (nSPS) is 13.2. The number of terminal acetylenes is 1. The molecule has 100 valence electrons. The van der Waals surface area contributed by atoms with Crippen LogP contribution in [0, 0.1) is 12.3 Å². The van der Waals surface area contributed by atoms with Crippen LogP contribution in [0.15, 0.2) is 21.6 Å². The van der Waals surface area contributed by atoms with E-state index < -0.39 is 10.0 Å². The van der Waals surface area contributed by atoms with Crippen LogP contribution in [0.4, 0.5) is 0 Å². The molecule has 0 saturated carbocycles. The van der Waals surface area contributed by atoms with Crippen LogP contribution >= 0.6 is 0 Å². The van der Waals surface area contributed by atoms with Crippen molar-refractivity contribution < 1.29 is 12.8 Å². The summed E-state index contributed by atoms with van der Waals surface area (Å²) in [6, 6.07) is 3.29. The number of rotatable bonds is 7. The summed E-state index contributed by atoms with van der Waals surface area (Å²) < 4.78 is 30.4. The fourth-order valence-electron chi connectivity index (χ4n) is 1.45. The van der Waals surface area contributed by atoms with Crippen molar-refractivity contribution in [2.45, 2.75) is 37.4 Å². The standard InChI is InChI=1S/C12H18N2O3S/c1-4-6-10(5-2)14-9-11-7-8-12(17-11)18(15,16)13-3/h1,7-8,10,13-14H,5-6,9H2,2-3H3. The fourth-order valence-corrected chi connectivity index (χ4v) is 2.11. The smallest absolute Gasteiger partial charge is 0.273 e. The molecule has 0 saturated heterocycles. The summed E-state index contributed by atoms with van der Waals surface area (Å²) in [5, 5.41) is 3.14. The van der Waals surface area contributed by atoms with E-state index in [1.54, 1.807) is 6.07 Å². The van der Waals surface area contributed by atoms with E-state index in [1.165, 1.54) is 13.1 Å². The van der Waals surface area contributed by atoms with Gasteiger partial charge in [0.15, 0.2) is 0 Å². The van der Waals surface area contributed by atoms with Crippen molar-refractivity contribution in [3.05, 3.63) is 17.9 Å². The minimum absolute atomic E-state index is 0.0770. The predicted molar refractivity (Wildman–Crippen MR) is 69.3 cm³/mol. The zero-order valence-electron chi connectivity index (χ0n) is 10.6. The Morgan fingerprint density at radius 3 is 2.78 bits per heavy atom. The molecule has 1 aromatic heterocycles. The molecule has 1 rings (SSSR count). The number of hydrogen-bond acceptors (Lipinski definition) is 4. The first-order chi connectivity index (χ1) is 8.53. The Kier molecular flexibility index (Phi) is 5.41. The maximum Gasteiger partial charge on any atom is 0.273 e. The summed E-state index contributed by atoms with van der Waals surface area (Å²) in [6.45, 7) is 2.49. The minimum Gasteiger partial charge on any atom is -0.447 e. The summed E-state index contributed by atoms with van der Waals surface area (Å²) in [4.78, 5) is 0. The van der Waals surface area contributed by atoms with Gasteiger partial charge in [-0.15, -0.1) is 12.3 Å². The van der Waals surface area contributed by atoms with Gasteiger partial charge in [0, 0.05) is 12.5 Å². The molecule has 6 heteroatoms. The third-order valence-corrected chi connectivity index (χ3v) is 3.88. The monoisotopic (exact) mass is 270 g/mol. The molecule has 0 aliphatic rings. The Hall–Kier alpha value is -1.29. The van der Waals surface area contributed by atoms with Crippen molar-refractivity contribution in [1.82, 2.24) is 10.0 Å². The first-order valence-corrected chi connectivity index (χ1v) is 7.21. The highest BCUT2D eigenvalue weighted by molar-refractivity contribution is 7.89. The van der Waals surface area contributed by atoms with Crippen LogP contribution in [0.5, 0.6) is 0 Å². The SMILES string of the molecule is C#CCC(CC)NCc1ccc(S(=O)(=O)NC)o1. The summed E-state index contributed by atoms with van der Waals surface area (Å²) in [6.07, 6.45) is 6.80. The molecule has 0 bridgehead atoms. The lowest BCUT2D eigenvalue weighted by Gasteiger charge is -2.12. The molecule has 0 spiro atoms. The van der Waals surface area contributed by atoms with Crippen molar-refractivity contribution >= 4 is 10.0 Å². The van der Waals surface area contributed by atoms with Crippen LogP contribution < -0.4 is 10.0 Å². The largest absolute Gasteiger partial charge is 0.447 e. The molecule has 1 heterocycles. The van der Waals surface area contributed by atoms with E-state index in [2.05, 4.69) is 16.0 Å². The maximum atomic E-state index is 11.5. The lowest BCUT2D eigenvalue weighted by Crippen LogP contribution is -2.27. The Labute approximate surface area is 108 Å². The first kappa shape index (κ1) is 14.8. The molecule has 0 amide bonds. The second kappa shape index (κ2) is 6.59. The molecule has 0 aromatic carbocycles. The van der Waals surface area contributed by atoms with Crippen LogP contribution in [-0.2, 0) is 16.6 Å². The average molecular weight is 270 g/mol. The molecule has 5 nitrogen and oxygen atoms in total. The molecule has 1 atom stereocenters. The fraction of sp³-hybridized carbons (Fsp3) is 0.500. The van der Waals surface area contributed by atoms with Gasteiger partial charge in [-0.2, -0.15) is 0 Å². The Morgan fingerprint density at radius 1 is 1.50 bits per heavy atom. The van der Waals surface area contributed by atoms with Gasteiger partial charge in [0.1, 0.15) is 5.76 Å². The predicted octanol–water partition coefficient (Wildman–Crippen LogP) is 1.08.